The molecule has 0 aliphatic heterocycles. The van der Waals surface area contributed by atoms with Crippen molar-refractivity contribution in [3.05, 3.63) is 23.8 Å². The molecule has 1 aromatic carbocycles. The summed E-state index contributed by atoms with van der Waals surface area (Å²) < 4.78 is 0. The maximum absolute atomic E-state index is 10.9. The van der Waals surface area contributed by atoms with E-state index >= 15 is 0 Å². The lowest BCUT2D eigenvalue weighted by atomic mass is 10.1. The Balaban J connectivity index is 2.49. The van der Waals surface area contributed by atoms with Crippen LogP contribution in [0.1, 0.15) is 43.0 Å². The molecule has 4 N–H and O–H groups in total. The summed E-state index contributed by atoms with van der Waals surface area (Å²) in [6, 6.07) is 5.01. The van der Waals surface area contributed by atoms with Crippen LogP contribution in [0.5, 0.6) is 0 Å². The van der Waals surface area contributed by atoms with Crippen LogP contribution in [0.3, 0.4) is 0 Å². The van der Waals surface area contributed by atoms with Gasteiger partial charge in [0.1, 0.15) is 0 Å². The van der Waals surface area contributed by atoms with E-state index < -0.39 is 5.97 Å². The number of nitrogen functional groups attached to an aromatic ring is 1. The zero-order chi connectivity index (χ0) is 12.7. The number of hydrogen-bond donors (Lipinski definition) is 3. The quantitative estimate of drug-likeness (QED) is 0.502. The fraction of sp³-hybridized carbons (Fsp3) is 0.462. The minimum Gasteiger partial charge on any atom is -0.478 e. The topological polar surface area (TPSA) is 75.3 Å². The van der Waals surface area contributed by atoms with Gasteiger partial charge in [-0.3, -0.25) is 0 Å². The number of carbonyl (C=O) groups is 1. The second kappa shape index (κ2) is 6.78. The molecule has 4 heteroatoms. The van der Waals surface area contributed by atoms with Crippen LogP contribution in [0, 0.1) is 0 Å². The number of nitrogens with two attached hydrogens (primary N) is 1. The first-order valence-corrected chi connectivity index (χ1v) is 6.02. The smallest absolute Gasteiger partial charge is 0.337 e. The minimum absolute atomic E-state index is 0.156. The van der Waals surface area contributed by atoms with Gasteiger partial charge < -0.3 is 16.2 Å². The molecule has 0 saturated heterocycles. The van der Waals surface area contributed by atoms with Gasteiger partial charge in [0.25, 0.3) is 0 Å². The molecular weight excluding hydrogens is 216 g/mol. The van der Waals surface area contributed by atoms with Gasteiger partial charge in [0, 0.05) is 17.9 Å². The van der Waals surface area contributed by atoms with Crippen molar-refractivity contribution in [2.24, 2.45) is 0 Å². The minimum atomic E-state index is -0.989. The third kappa shape index (κ3) is 4.34. The molecule has 0 fully saturated rings. The maximum atomic E-state index is 10.9. The van der Waals surface area contributed by atoms with E-state index in [9.17, 15) is 4.79 Å². The number of unbranched alkanes of at least 4 members (excludes halogenated alkanes) is 3. The third-order valence-electron chi connectivity index (χ3n) is 2.64. The van der Waals surface area contributed by atoms with Crippen molar-refractivity contribution in [3.63, 3.8) is 0 Å². The van der Waals surface area contributed by atoms with Gasteiger partial charge >= 0.3 is 5.97 Å². The molecule has 0 spiro atoms. The molecule has 0 saturated carbocycles. The molecule has 0 heterocycles. The summed E-state index contributed by atoms with van der Waals surface area (Å²) in [6.45, 7) is 3.04. The SMILES string of the molecule is CCCCCCNc1ccc(N)c(C(=O)O)c1. The van der Waals surface area contributed by atoms with Crippen molar-refractivity contribution in [1.82, 2.24) is 0 Å². The number of benzene rings is 1. The summed E-state index contributed by atoms with van der Waals surface area (Å²) in [4.78, 5) is 10.9. The Morgan fingerprint density at radius 1 is 1.35 bits per heavy atom. The van der Waals surface area contributed by atoms with Gasteiger partial charge in [-0.1, -0.05) is 26.2 Å². The molecule has 0 unspecified atom stereocenters. The van der Waals surface area contributed by atoms with Crippen molar-refractivity contribution < 1.29 is 9.90 Å². The summed E-state index contributed by atoms with van der Waals surface area (Å²) in [6.07, 6.45) is 4.75. The summed E-state index contributed by atoms with van der Waals surface area (Å²) in [7, 11) is 0. The molecule has 0 radical (unpaired) electrons. The largest absolute Gasteiger partial charge is 0.478 e. The molecule has 0 bridgehead atoms. The van der Waals surface area contributed by atoms with E-state index in [0.717, 1.165) is 18.7 Å². The fourth-order valence-electron chi connectivity index (χ4n) is 1.64. The first-order chi connectivity index (χ1) is 8.15. The number of aromatic carboxylic acids is 1. The molecule has 1 aromatic rings. The lowest BCUT2D eigenvalue weighted by molar-refractivity contribution is 0.0698. The van der Waals surface area contributed by atoms with E-state index in [1.165, 1.54) is 19.3 Å². The van der Waals surface area contributed by atoms with Crippen molar-refractivity contribution >= 4 is 17.3 Å². The molecule has 1 rings (SSSR count). The van der Waals surface area contributed by atoms with Gasteiger partial charge in [-0.2, -0.15) is 0 Å². The number of rotatable bonds is 7. The van der Waals surface area contributed by atoms with Gasteiger partial charge in [-0.25, -0.2) is 4.79 Å². The van der Waals surface area contributed by atoms with Gasteiger partial charge in [-0.15, -0.1) is 0 Å². The Labute approximate surface area is 102 Å². The number of anilines is 2. The molecule has 94 valence electrons. The van der Waals surface area contributed by atoms with E-state index in [4.69, 9.17) is 10.8 Å². The Bertz CT molecular complexity index is 378. The number of carboxylic acid groups (broad SMARTS) is 1. The van der Waals surface area contributed by atoms with Crippen molar-refractivity contribution in [3.8, 4) is 0 Å². The van der Waals surface area contributed by atoms with Gasteiger partial charge in [0.2, 0.25) is 0 Å². The van der Waals surface area contributed by atoms with Crippen LogP contribution in [-0.4, -0.2) is 17.6 Å². The van der Waals surface area contributed by atoms with E-state index in [1.807, 2.05) is 6.07 Å². The molecule has 0 aliphatic rings. The van der Waals surface area contributed by atoms with Gasteiger partial charge in [-0.05, 0) is 24.6 Å². The third-order valence-corrected chi connectivity index (χ3v) is 2.64. The summed E-state index contributed by atoms with van der Waals surface area (Å²) in [5.41, 5.74) is 6.85. The van der Waals surface area contributed by atoms with Gasteiger partial charge in [0.05, 0.1) is 5.56 Å². The Morgan fingerprint density at radius 3 is 2.76 bits per heavy atom. The molecule has 0 amide bonds. The Kier molecular flexibility index (Phi) is 5.33. The van der Waals surface area contributed by atoms with Crippen molar-refractivity contribution in [2.45, 2.75) is 32.6 Å². The first kappa shape index (κ1) is 13.4. The van der Waals surface area contributed by atoms with E-state index in [1.54, 1.807) is 12.1 Å². The summed E-state index contributed by atoms with van der Waals surface area (Å²) in [5, 5.41) is 12.1. The Hall–Kier alpha value is -1.71. The Morgan fingerprint density at radius 2 is 2.12 bits per heavy atom. The van der Waals surface area contributed by atoms with Crippen LogP contribution >= 0.6 is 0 Å². The highest BCUT2D eigenvalue weighted by molar-refractivity contribution is 5.94. The second-order valence-electron chi connectivity index (χ2n) is 4.09. The summed E-state index contributed by atoms with van der Waals surface area (Å²) >= 11 is 0. The highest BCUT2D eigenvalue weighted by Gasteiger charge is 2.07. The monoisotopic (exact) mass is 236 g/mol. The first-order valence-electron chi connectivity index (χ1n) is 6.02. The maximum Gasteiger partial charge on any atom is 0.337 e. The van der Waals surface area contributed by atoms with Crippen molar-refractivity contribution in [2.75, 3.05) is 17.6 Å². The van der Waals surface area contributed by atoms with E-state index in [-0.39, 0.29) is 5.56 Å². The predicted molar refractivity (Wildman–Crippen MR) is 70.4 cm³/mol. The number of carboxylic acids is 1. The second-order valence-corrected chi connectivity index (χ2v) is 4.09. The van der Waals surface area contributed by atoms with Crippen LogP contribution in [0.15, 0.2) is 18.2 Å². The average molecular weight is 236 g/mol. The van der Waals surface area contributed by atoms with Crippen LogP contribution in [0.2, 0.25) is 0 Å². The van der Waals surface area contributed by atoms with E-state index in [0.29, 0.717) is 5.69 Å². The van der Waals surface area contributed by atoms with E-state index in [2.05, 4.69) is 12.2 Å². The van der Waals surface area contributed by atoms with Crippen molar-refractivity contribution in [1.29, 1.82) is 0 Å². The van der Waals surface area contributed by atoms with Crippen LogP contribution < -0.4 is 11.1 Å². The lowest BCUT2D eigenvalue weighted by Crippen LogP contribution is -2.06. The zero-order valence-corrected chi connectivity index (χ0v) is 10.2. The number of hydrogen-bond acceptors (Lipinski definition) is 3. The fourth-order valence-corrected chi connectivity index (χ4v) is 1.64. The standard InChI is InChI=1S/C13H20N2O2/c1-2-3-4-5-8-15-10-6-7-12(14)11(9-10)13(16)17/h6-7,9,15H,2-5,8,14H2,1H3,(H,16,17). The molecule has 0 aliphatic carbocycles. The summed E-state index contributed by atoms with van der Waals surface area (Å²) in [5.74, 6) is -0.989. The molecule has 17 heavy (non-hydrogen) atoms. The van der Waals surface area contributed by atoms with Crippen LogP contribution in [-0.2, 0) is 0 Å². The molecule has 0 atom stereocenters. The predicted octanol–water partition coefficient (Wildman–Crippen LogP) is 2.96. The highest BCUT2D eigenvalue weighted by atomic mass is 16.4. The highest BCUT2D eigenvalue weighted by Crippen LogP contribution is 2.17. The molecule has 0 aromatic heterocycles. The van der Waals surface area contributed by atoms with Crippen LogP contribution in [0.4, 0.5) is 11.4 Å². The van der Waals surface area contributed by atoms with Gasteiger partial charge in [0.15, 0.2) is 0 Å². The molecule has 4 nitrogen and oxygen atoms in total. The molecular formula is C13H20N2O2. The number of nitrogens with one attached hydrogen (secondary N) is 1. The zero-order valence-electron chi connectivity index (χ0n) is 10.2. The lowest BCUT2D eigenvalue weighted by Gasteiger charge is -2.08. The normalized spacial score (nSPS) is 10.2. The average Bonchev–Trinajstić information content (AvgIpc) is 2.30. The van der Waals surface area contributed by atoms with Crippen LogP contribution in [0.25, 0.3) is 0 Å².